The minimum absolute atomic E-state index is 0.0629. The molecule has 1 rings (SSSR count). The fourth-order valence-corrected chi connectivity index (χ4v) is 0.790. The van der Waals surface area contributed by atoms with Crippen molar-refractivity contribution in [3.05, 3.63) is 28.7 Å². The number of aromatic nitrogens is 1. The van der Waals surface area contributed by atoms with Gasteiger partial charge in [-0.3, -0.25) is 4.79 Å². The first-order valence-electron chi connectivity index (χ1n) is 3.75. The zero-order chi connectivity index (χ0) is 8.10. The number of hydrogen-bond acceptors (Lipinski definition) is 2. The van der Waals surface area contributed by atoms with Crippen LogP contribution in [0, 0.1) is 0 Å². The molecule has 0 unspecified atom stereocenters. The van der Waals surface area contributed by atoms with E-state index >= 15 is 0 Å². The first kappa shape index (κ1) is 7.85. The molecule has 0 amide bonds. The van der Waals surface area contributed by atoms with Crippen molar-refractivity contribution in [3.8, 4) is 0 Å². The Labute approximate surface area is 65.5 Å². The number of rotatable bonds is 3. The van der Waals surface area contributed by atoms with E-state index < -0.39 is 0 Å². The summed E-state index contributed by atoms with van der Waals surface area (Å²) in [7, 11) is 0. The second-order valence-electron chi connectivity index (χ2n) is 2.37. The van der Waals surface area contributed by atoms with Crippen molar-refractivity contribution in [1.82, 2.24) is 4.98 Å². The Balaban J connectivity index is 2.59. The van der Waals surface area contributed by atoms with Crippen molar-refractivity contribution in [1.29, 1.82) is 0 Å². The molecule has 3 nitrogen and oxygen atoms in total. The Morgan fingerprint density at radius 1 is 1.55 bits per heavy atom. The van der Waals surface area contributed by atoms with E-state index in [2.05, 4.69) is 17.2 Å². The zero-order valence-electron chi connectivity index (χ0n) is 6.55. The molecule has 1 aromatic rings. The maximum atomic E-state index is 10.6. The van der Waals surface area contributed by atoms with E-state index in [-0.39, 0.29) is 5.56 Å². The van der Waals surface area contributed by atoms with E-state index in [1.807, 2.05) is 0 Å². The van der Waals surface area contributed by atoms with Crippen LogP contribution in [0.4, 0.5) is 5.69 Å². The highest BCUT2D eigenvalue weighted by molar-refractivity contribution is 5.39. The number of anilines is 1. The van der Waals surface area contributed by atoms with Gasteiger partial charge in [-0.05, 0) is 12.5 Å². The summed E-state index contributed by atoms with van der Waals surface area (Å²) in [6, 6.07) is 3.28. The molecule has 0 aliphatic carbocycles. The molecule has 1 aromatic heterocycles. The van der Waals surface area contributed by atoms with Crippen molar-refractivity contribution >= 4 is 5.69 Å². The Bertz CT molecular complexity index is 247. The molecule has 1 heterocycles. The molecule has 0 spiro atoms. The highest BCUT2D eigenvalue weighted by atomic mass is 16.1. The molecular formula is C8H12N2O. The van der Waals surface area contributed by atoms with Crippen LogP contribution in [-0.2, 0) is 0 Å². The maximum Gasteiger partial charge on any atom is 0.248 e. The van der Waals surface area contributed by atoms with Crippen LogP contribution < -0.4 is 10.9 Å². The van der Waals surface area contributed by atoms with Crippen LogP contribution in [0.1, 0.15) is 13.3 Å². The molecule has 3 heteroatoms. The molecule has 0 fully saturated rings. The third kappa shape index (κ3) is 2.45. The SMILES string of the molecule is CCCNc1ccc(=O)[nH]c1. The van der Waals surface area contributed by atoms with Gasteiger partial charge >= 0.3 is 0 Å². The summed E-state index contributed by atoms with van der Waals surface area (Å²) in [5.41, 5.74) is 0.901. The van der Waals surface area contributed by atoms with E-state index in [1.165, 1.54) is 6.07 Å². The minimum Gasteiger partial charge on any atom is -0.384 e. The fourth-order valence-electron chi connectivity index (χ4n) is 0.790. The lowest BCUT2D eigenvalue weighted by Crippen LogP contribution is -2.05. The van der Waals surface area contributed by atoms with Gasteiger partial charge in [-0.15, -0.1) is 0 Å². The van der Waals surface area contributed by atoms with E-state index in [4.69, 9.17) is 0 Å². The Kier molecular flexibility index (Phi) is 2.72. The van der Waals surface area contributed by atoms with Crippen molar-refractivity contribution < 1.29 is 0 Å². The van der Waals surface area contributed by atoms with Crippen LogP contribution in [0.2, 0.25) is 0 Å². The predicted octanol–water partition coefficient (Wildman–Crippen LogP) is 1.20. The highest BCUT2D eigenvalue weighted by Crippen LogP contribution is 1.99. The van der Waals surface area contributed by atoms with Gasteiger partial charge in [0, 0.05) is 18.8 Å². The third-order valence-corrected chi connectivity index (χ3v) is 1.36. The average molecular weight is 152 g/mol. The van der Waals surface area contributed by atoms with Crippen molar-refractivity contribution in [2.24, 2.45) is 0 Å². The number of nitrogens with one attached hydrogen (secondary N) is 2. The van der Waals surface area contributed by atoms with Gasteiger partial charge in [0.15, 0.2) is 0 Å². The monoisotopic (exact) mass is 152 g/mol. The summed E-state index contributed by atoms with van der Waals surface area (Å²) in [6.07, 6.45) is 2.76. The van der Waals surface area contributed by atoms with Crippen LogP contribution in [-0.4, -0.2) is 11.5 Å². The van der Waals surface area contributed by atoms with E-state index in [9.17, 15) is 4.79 Å². The Morgan fingerprint density at radius 2 is 2.36 bits per heavy atom. The smallest absolute Gasteiger partial charge is 0.248 e. The van der Waals surface area contributed by atoms with Crippen LogP contribution in [0.3, 0.4) is 0 Å². The number of pyridine rings is 1. The van der Waals surface area contributed by atoms with Crippen molar-refractivity contribution in [3.63, 3.8) is 0 Å². The van der Waals surface area contributed by atoms with Gasteiger partial charge in [0.2, 0.25) is 5.56 Å². The molecule has 0 atom stereocenters. The molecule has 0 radical (unpaired) electrons. The summed E-state index contributed by atoms with van der Waals surface area (Å²) in [6.45, 7) is 3.03. The predicted molar refractivity (Wildman–Crippen MR) is 45.8 cm³/mol. The first-order chi connectivity index (χ1) is 5.33. The summed E-state index contributed by atoms with van der Waals surface area (Å²) in [5.74, 6) is 0. The van der Waals surface area contributed by atoms with Gasteiger partial charge in [-0.2, -0.15) is 0 Å². The van der Waals surface area contributed by atoms with Crippen molar-refractivity contribution in [2.75, 3.05) is 11.9 Å². The zero-order valence-corrected chi connectivity index (χ0v) is 6.55. The van der Waals surface area contributed by atoms with Gasteiger partial charge in [0.1, 0.15) is 0 Å². The summed E-state index contributed by atoms with van der Waals surface area (Å²) >= 11 is 0. The minimum atomic E-state index is -0.0629. The van der Waals surface area contributed by atoms with Crippen LogP contribution in [0.25, 0.3) is 0 Å². The molecule has 0 saturated carbocycles. The maximum absolute atomic E-state index is 10.6. The van der Waals surface area contributed by atoms with Crippen LogP contribution >= 0.6 is 0 Å². The summed E-state index contributed by atoms with van der Waals surface area (Å²) < 4.78 is 0. The molecule has 60 valence electrons. The molecule has 0 saturated heterocycles. The topological polar surface area (TPSA) is 44.9 Å². The van der Waals surface area contributed by atoms with Gasteiger partial charge in [0.05, 0.1) is 5.69 Å². The van der Waals surface area contributed by atoms with Crippen molar-refractivity contribution in [2.45, 2.75) is 13.3 Å². The highest BCUT2D eigenvalue weighted by Gasteiger charge is 1.87. The molecule has 0 aliphatic rings. The van der Waals surface area contributed by atoms with Crippen LogP contribution in [0.5, 0.6) is 0 Å². The molecule has 0 bridgehead atoms. The lowest BCUT2D eigenvalue weighted by atomic mass is 10.4. The standard InChI is InChI=1S/C8H12N2O/c1-2-5-9-7-3-4-8(11)10-6-7/h3-4,6,9H,2,5H2,1H3,(H,10,11). The number of aromatic amines is 1. The second-order valence-corrected chi connectivity index (χ2v) is 2.37. The molecule has 11 heavy (non-hydrogen) atoms. The lowest BCUT2D eigenvalue weighted by molar-refractivity contribution is 0.976. The quantitative estimate of drug-likeness (QED) is 0.683. The number of H-pyrrole nitrogens is 1. The fraction of sp³-hybridized carbons (Fsp3) is 0.375. The molecule has 0 aromatic carbocycles. The number of hydrogen-bond donors (Lipinski definition) is 2. The van der Waals surface area contributed by atoms with E-state index in [1.54, 1.807) is 12.3 Å². The Morgan fingerprint density at radius 3 is 2.91 bits per heavy atom. The van der Waals surface area contributed by atoms with E-state index in [0.29, 0.717) is 0 Å². The average Bonchev–Trinajstić information content (AvgIpc) is 2.04. The normalized spacial score (nSPS) is 9.55. The van der Waals surface area contributed by atoms with Gasteiger partial charge in [-0.1, -0.05) is 6.92 Å². The third-order valence-electron chi connectivity index (χ3n) is 1.36. The Hall–Kier alpha value is -1.25. The van der Waals surface area contributed by atoms with E-state index in [0.717, 1.165) is 18.7 Å². The molecule has 2 N–H and O–H groups in total. The van der Waals surface area contributed by atoms with Gasteiger partial charge in [0.25, 0.3) is 0 Å². The molecular weight excluding hydrogens is 140 g/mol. The van der Waals surface area contributed by atoms with Gasteiger partial charge in [-0.25, -0.2) is 0 Å². The second kappa shape index (κ2) is 3.81. The molecule has 0 aliphatic heterocycles. The van der Waals surface area contributed by atoms with Gasteiger partial charge < -0.3 is 10.3 Å². The van der Waals surface area contributed by atoms with Crippen LogP contribution in [0.15, 0.2) is 23.1 Å². The first-order valence-corrected chi connectivity index (χ1v) is 3.75. The summed E-state index contributed by atoms with van der Waals surface area (Å²) in [5, 5.41) is 3.15. The lowest BCUT2D eigenvalue weighted by Gasteiger charge is -2.01. The largest absolute Gasteiger partial charge is 0.384 e. The summed E-state index contributed by atoms with van der Waals surface area (Å²) in [4.78, 5) is 13.2.